The molecule has 7 nitrogen and oxygen atoms in total. The molecule has 1 saturated carbocycles. The second-order valence-corrected chi connectivity index (χ2v) is 7.42. The number of carbonyl (C=O) groups excluding carboxylic acids is 3. The summed E-state index contributed by atoms with van der Waals surface area (Å²) in [5, 5.41) is 2.84. The molecule has 1 atom stereocenters. The molecular formula is C20H28N4O3. The molecule has 2 fully saturated rings. The summed E-state index contributed by atoms with van der Waals surface area (Å²) in [7, 11) is 0. The van der Waals surface area contributed by atoms with E-state index >= 15 is 0 Å². The predicted molar refractivity (Wildman–Crippen MR) is 102 cm³/mol. The van der Waals surface area contributed by atoms with Gasteiger partial charge in [-0.2, -0.15) is 0 Å². The quantitative estimate of drug-likeness (QED) is 0.705. The lowest BCUT2D eigenvalue weighted by Crippen LogP contribution is -2.52. The highest BCUT2D eigenvalue weighted by molar-refractivity contribution is 6.09. The first-order valence-corrected chi connectivity index (χ1v) is 9.67. The number of urea groups is 1. The minimum absolute atomic E-state index is 0.241. The summed E-state index contributed by atoms with van der Waals surface area (Å²) in [6.07, 6.45) is 3.82. The Balaban J connectivity index is 1.69. The number of nitrogens with two attached hydrogens (primary N) is 1. The fraction of sp³-hybridized carbons (Fsp3) is 0.550. The van der Waals surface area contributed by atoms with Crippen LogP contribution in [0.1, 0.15) is 38.2 Å². The van der Waals surface area contributed by atoms with Gasteiger partial charge in [0.2, 0.25) is 5.91 Å². The summed E-state index contributed by atoms with van der Waals surface area (Å²) in [6.45, 7) is 2.85. The Kier molecular flexibility index (Phi) is 5.79. The first-order chi connectivity index (χ1) is 13.0. The monoisotopic (exact) mass is 372 g/mol. The summed E-state index contributed by atoms with van der Waals surface area (Å²) < 4.78 is 0. The Bertz CT molecular complexity index is 700. The zero-order valence-corrected chi connectivity index (χ0v) is 15.8. The third-order valence-electron chi connectivity index (χ3n) is 5.62. The summed E-state index contributed by atoms with van der Waals surface area (Å²) in [4.78, 5) is 41.1. The van der Waals surface area contributed by atoms with Gasteiger partial charge in [-0.3, -0.25) is 9.59 Å². The van der Waals surface area contributed by atoms with E-state index in [0.717, 1.165) is 23.3 Å². The second kappa shape index (κ2) is 8.08. The fourth-order valence-corrected chi connectivity index (χ4v) is 4.08. The standard InChI is InChI=1S/C20H28N4O3/c1-15(24-18(26)20(22-19(24)27)10-5-6-11-20)17(25)23(14-12-21)13-9-16-7-3-2-4-8-16/h2-4,7-8,15H,5-6,9-14,21H2,1H3,(H,22,27). The zero-order valence-electron chi connectivity index (χ0n) is 15.8. The van der Waals surface area contributed by atoms with Gasteiger partial charge in [0.1, 0.15) is 11.6 Å². The molecule has 3 rings (SSSR count). The van der Waals surface area contributed by atoms with Crippen LogP contribution in [0.15, 0.2) is 30.3 Å². The SMILES string of the molecule is CC(C(=O)N(CCN)CCc1ccccc1)N1C(=O)NC2(CCCC2)C1=O. The number of benzene rings is 1. The van der Waals surface area contributed by atoms with Crippen LogP contribution in [-0.4, -0.2) is 58.9 Å². The maximum atomic E-state index is 13.0. The van der Waals surface area contributed by atoms with Gasteiger partial charge in [-0.15, -0.1) is 0 Å². The Morgan fingerprint density at radius 3 is 2.52 bits per heavy atom. The molecule has 1 saturated heterocycles. The molecular weight excluding hydrogens is 344 g/mol. The molecule has 27 heavy (non-hydrogen) atoms. The smallest absolute Gasteiger partial charge is 0.325 e. The summed E-state index contributed by atoms with van der Waals surface area (Å²) >= 11 is 0. The van der Waals surface area contributed by atoms with Gasteiger partial charge in [-0.25, -0.2) is 9.69 Å². The lowest BCUT2D eigenvalue weighted by molar-refractivity contribution is -0.142. The topological polar surface area (TPSA) is 95.7 Å². The number of imide groups is 1. The predicted octanol–water partition coefficient (Wildman–Crippen LogP) is 1.27. The summed E-state index contributed by atoms with van der Waals surface area (Å²) in [6, 6.07) is 8.59. The lowest BCUT2D eigenvalue weighted by Gasteiger charge is -2.29. The Morgan fingerprint density at radius 1 is 1.22 bits per heavy atom. The number of rotatable bonds is 7. The average molecular weight is 372 g/mol. The third kappa shape index (κ3) is 3.83. The maximum Gasteiger partial charge on any atom is 0.325 e. The van der Waals surface area contributed by atoms with Crippen molar-refractivity contribution in [2.45, 2.75) is 50.6 Å². The molecule has 0 radical (unpaired) electrons. The molecule has 1 unspecified atom stereocenters. The molecule has 1 aromatic carbocycles. The molecule has 4 amide bonds. The molecule has 146 valence electrons. The highest BCUT2D eigenvalue weighted by Crippen LogP contribution is 2.35. The van der Waals surface area contributed by atoms with E-state index in [1.807, 2.05) is 30.3 Å². The van der Waals surface area contributed by atoms with E-state index in [1.54, 1.807) is 11.8 Å². The van der Waals surface area contributed by atoms with Crippen molar-refractivity contribution in [3.8, 4) is 0 Å². The normalized spacial score (nSPS) is 19.4. The van der Waals surface area contributed by atoms with Crippen molar-refractivity contribution in [1.82, 2.24) is 15.1 Å². The van der Waals surface area contributed by atoms with Crippen molar-refractivity contribution in [3.63, 3.8) is 0 Å². The summed E-state index contributed by atoms with van der Waals surface area (Å²) in [5.41, 5.74) is 6.01. The Morgan fingerprint density at radius 2 is 1.89 bits per heavy atom. The van der Waals surface area contributed by atoms with Crippen molar-refractivity contribution < 1.29 is 14.4 Å². The van der Waals surface area contributed by atoms with Gasteiger partial charge in [0.05, 0.1) is 0 Å². The minimum atomic E-state index is -0.834. The molecule has 2 aliphatic rings. The van der Waals surface area contributed by atoms with Crippen LogP contribution in [0, 0.1) is 0 Å². The number of hydrogen-bond acceptors (Lipinski definition) is 4. The van der Waals surface area contributed by atoms with Crippen LogP contribution in [0.4, 0.5) is 4.79 Å². The molecule has 1 heterocycles. The molecule has 7 heteroatoms. The van der Waals surface area contributed by atoms with Gasteiger partial charge in [-0.1, -0.05) is 43.2 Å². The van der Waals surface area contributed by atoms with E-state index in [9.17, 15) is 14.4 Å². The first-order valence-electron chi connectivity index (χ1n) is 9.67. The molecule has 1 aromatic rings. The summed E-state index contributed by atoms with van der Waals surface area (Å²) in [5.74, 6) is -0.503. The minimum Gasteiger partial charge on any atom is -0.339 e. The van der Waals surface area contributed by atoms with E-state index in [2.05, 4.69) is 5.32 Å². The number of nitrogens with zero attached hydrogens (tertiary/aromatic N) is 2. The van der Waals surface area contributed by atoms with Crippen LogP contribution >= 0.6 is 0 Å². The van der Waals surface area contributed by atoms with Gasteiger partial charge >= 0.3 is 6.03 Å². The van der Waals surface area contributed by atoms with Crippen LogP contribution < -0.4 is 11.1 Å². The van der Waals surface area contributed by atoms with Gasteiger partial charge < -0.3 is 16.0 Å². The number of carbonyl (C=O) groups is 3. The van der Waals surface area contributed by atoms with Gasteiger partial charge in [0, 0.05) is 19.6 Å². The van der Waals surface area contributed by atoms with E-state index in [1.165, 1.54) is 0 Å². The maximum absolute atomic E-state index is 13.0. The van der Waals surface area contributed by atoms with Gasteiger partial charge in [-0.05, 0) is 31.7 Å². The molecule has 0 aromatic heterocycles. The van der Waals surface area contributed by atoms with Crippen molar-refractivity contribution in [3.05, 3.63) is 35.9 Å². The molecule has 1 spiro atoms. The van der Waals surface area contributed by atoms with Crippen molar-refractivity contribution in [2.75, 3.05) is 19.6 Å². The number of hydrogen-bond donors (Lipinski definition) is 2. The molecule has 0 bridgehead atoms. The first kappa shape index (κ1) is 19.4. The van der Waals surface area contributed by atoms with E-state index < -0.39 is 17.6 Å². The fourth-order valence-electron chi connectivity index (χ4n) is 4.08. The van der Waals surface area contributed by atoms with Crippen LogP contribution in [0.3, 0.4) is 0 Å². The molecule has 3 N–H and O–H groups in total. The van der Waals surface area contributed by atoms with Crippen molar-refractivity contribution in [2.24, 2.45) is 5.73 Å². The largest absolute Gasteiger partial charge is 0.339 e. The lowest BCUT2D eigenvalue weighted by atomic mass is 9.97. The van der Waals surface area contributed by atoms with E-state index in [0.29, 0.717) is 38.9 Å². The highest BCUT2D eigenvalue weighted by atomic mass is 16.2. The van der Waals surface area contributed by atoms with E-state index in [4.69, 9.17) is 5.73 Å². The Labute approximate surface area is 159 Å². The van der Waals surface area contributed by atoms with Crippen LogP contribution in [0.5, 0.6) is 0 Å². The van der Waals surface area contributed by atoms with Crippen LogP contribution in [-0.2, 0) is 16.0 Å². The number of amides is 4. The van der Waals surface area contributed by atoms with Crippen molar-refractivity contribution in [1.29, 1.82) is 0 Å². The van der Waals surface area contributed by atoms with Gasteiger partial charge in [0.15, 0.2) is 0 Å². The number of nitrogens with one attached hydrogen (secondary N) is 1. The van der Waals surface area contributed by atoms with Crippen molar-refractivity contribution >= 4 is 17.8 Å². The van der Waals surface area contributed by atoms with Crippen LogP contribution in [0.25, 0.3) is 0 Å². The third-order valence-corrected chi connectivity index (χ3v) is 5.62. The second-order valence-electron chi connectivity index (χ2n) is 7.42. The molecule has 1 aliphatic heterocycles. The zero-order chi connectivity index (χ0) is 19.4. The Hall–Kier alpha value is -2.41. The van der Waals surface area contributed by atoms with Crippen LogP contribution in [0.2, 0.25) is 0 Å². The molecule has 1 aliphatic carbocycles. The van der Waals surface area contributed by atoms with E-state index in [-0.39, 0.29) is 11.8 Å². The van der Waals surface area contributed by atoms with Gasteiger partial charge in [0.25, 0.3) is 5.91 Å². The average Bonchev–Trinajstić information content (AvgIpc) is 3.23. The highest BCUT2D eigenvalue weighted by Gasteiger charge is 2.54.